The highest BCUT2D eigenvalue weighted by atomic mass is 79.9. The Balaban J connectivity index is 1.81. The van der Waals surface area contributed by atoms with Crippen molar-refractivity contribution in [2.24, 2.45) is 0 Å². The molecule has 224 valence electrons. The second kappa shape index (κ2) is 14.7. The Labute approximate surface area is 266 Å². The summed E-state index contributed by atoms with van der Waals surface area (Å²) >= 11 is 9.65. The van der Waals surface area contributed by atoms with Crippen LogP contribution in [0.15, 0.2) is 112 Å². The van der Waals surface area contributed by atoms with E-state index in [-0.39, 0.29) is 23.8 Å². The minimum atomic E-state index is -4.18. The molecule has 0 unspecified atom stereocenters. The molecule has 0 fully saturated rings. The third kappa shape index (κ3) is 8.25. The third-order valence-electron chi connectivity index (χ3n) is 6.93. The van der Waals surface area contributed by atoms with Crippen LogP contribution in [0, 0.1) is 6.92 Å². The molecule has 4 aromatic rings. The average molecular weight is 683 g/mol. The van der Waals surface area contributed by atoms with Crippen molar-refractivity contribution in [3.8, 4) is 0 Å². The first-order valence-corrected chi connectivity index (χ1v) is 16.4. The molecule has 0 saturated carbocycles. The summed E-state index contributed by atoms with van der Waals surface area (Å²) in [4.78, 5) is 29.5. The quantitative estimate of drug-likeness (QED) is 0.188. The van der Waals surface area contributed by atoms with Crippen LogP contribution in [0.3, 0.4) is 0 Å². The molecule has 0 bridgehead atoms. The number of benzene rings is 4. The predicted octanol–water partition coefficient (Wildman–Crippen LogP) is 6.38. The van der Waals surface area contributed by atoms with Crippen molar-refractivity contribution in [2.45, 2.75) is 37.8 Å². The molecule has 0 saturated heterocycles. The van der Waals surface area contributed by atoms with Crippen LogP contribution in [0.2, 0.25) is 5.02 Å². The Kier molecular flexibility index (Phi) is 11.0. The summed E-state index contributed by atoms with van der Waals surface area (Å²) in [6.07, 6.45) is 0.250. The van der Waals surface area contributed by atoms with Crippen molar-refractivity contribution < 1.29 is 18.0 Å². The zero-order chi connectivity index (χ0) is 31.0. The van der Waals surface area contributed by atoms with Gasteiger partial charge in [-0.15, -0.1) is 0 Å². The monoisotopic (exact) mass is 681 g/mol. The summed E-state index contributed by atoms with van der Waals surface area (Å²) in [6, 6.07) is 28.8. The molecule has 1 N–H and O–H groups in total. The number of rotatable bonds is 12. The molecule has 43 heavy (non-hydrogen) atoms. The number of hydrogen-bond acceptors (Lipinski definition) is 4. The van der Waals surface area contributed by atoms with Gasteiger partial charge in [0, 0.05) is 29.0 Å². The number of nitrogens with one attached hydrogen (secondary N) is 1. The van der Waals surface area contributed by atoms with Gasteiger partial charge in [0.2, 0.25) is 11.8 Å². The van der Waals surface area contributed by atoms with Gasteiger partial charge in [0.1, 0.15) is 12.6 Å². The van der Waals surface area contributed by atoms with Crippen LogP contribution in [-0.2, 0) is 32.6 Å². The topological polar surface area (TPSA) is 86.8 Å². The van der Waals surface area contributed by atoms with Gasteiger partial charge < -0.3 is 10.2 Å². The van der Waals surface area contributed by atoms with Crippen LogP contribution in [0.5, 0.6) is 0 Å². The number of sulfonamides is 1. The molecule has 0 aromatic heterocycles. The van der Waals surface area contributed by atoms with Crippen molar-refractivity contribution in [1.29, 1.82) is 0 Å². The molecule has 10 heteroatoms. The standard InChI is InChI=1S/C33H33BrClN3O4S/c1-3-36-33(40)31(21-25-10-6-4-7-11-25)37(22-26-14-16-27(34)17-15-26)32(39)23-38(30-19-18-28(35)20-24(30)2)43(41,42)29-12-8-5-9-13-29/h4-20,31H,3,21-23H2,1-2H3,(H,36,40)/t31-/m1/s1. The number of nitrogens with zero attached hydrogens (tertiary/aromatic N) is 2. The van der Waals surface area contributed by atoms with Gasteiger partial charge in [-0.2, -0.15) is 0 Å². The van der Waals surface area contributed by atoms with Crippen molar-refractivity contribution in [3.63, 3.8) is 0 Å². The molecule has 0 aliphatic rings. The number of amides is 2. The van der Waals surface area contributed by atoms with E-state index in [0.29, 0.717) is 22.8 Å². The van der Waals surface area contributed by atoms with Gasteiger partial charge in [0.15, 0.2) is 0 Å². The average Bonchev–Trinajstić information content (AvgIpc) is 3.00. The maximum Gasteiger partial charge on any atom is 0.264 e. The molecule has 4 rings (SSSR count). The van der Waals surface area contributed by atoms with Crippen molar-refractivity contribution in [1.82, 2.24) is 10.2 Å². The highest BCUT2D eigenvalue weighted by Crippen LogP contribution is 2.29. The first-order chi connectivity index (χ1) is 20.6. The van der Waals surface area contributed by atoms with Gasteiger partial charge in [0.05, 0.1) is 10.6 Å². The number of likely N-dealkylation sites (N-methyl/N-ethyl adjacent to an activating group) is 1. The van der Waals surface area contributed by atoms with E-state index >= 15 is 0 Å². The predicted molar refractivity (Wildman–Crippen MR) is 174 cm³/mol. The number of carbonyl (C=O) groups is 2. The second-order valence-corrected chi connectivity index (χ2v) is 13.2. The maximum atomic E-state index is 14.4. The van der Waals surface area contributed by atoms with Gasteiger partial charge in [0.25, 0.3) is 10.0 Å². The maximum absolute atomic E-state index is 14.4. The normalized spacial score (nSPS) is 11.9. The van der Waals surface area contributed by atoms with E-state index in [4.69, 9.17) is 11.6 Å². The Hall–Kier alpha value is -3.66. The Morgan fingerprint density at radius 2 is 1.51 bits per heavy atom. The van der Waals surface area contributed by atoms with E-state index in [1.807, 2.05) is 61.5 Å². The number of hydrogen-bond donors (Lipinski definition) is 1. The first kappa shape index (κ1) is 32.3. The molecular weight excluding hydrogens is 650 g/mol. The SMILES string of the molecule is CCNC(=O)[C@@H](Cc1ccccc1)N(Cc1ccc(Br)cc1)C(=O)CN(c1ccc(Cl)cc1C)S(=O)(=O)c1ccccc1. The zero-order valence-electron chi connectivity index (χ0n) is 23.9. The van der Waals surface area contributed by atoms with Gasteiger partial charge in [-0.3, -0.25) is 13.9 Å². The minimum absolute atomic E-state index is 0.0428. The van der Waals surface area contributed by atoms with Crippen LogP contribution in [-0.4, -0.2) is 44.3 Å². The fourth-order valence-electron chi connectivity index (χ4n) is 4.76. The molecule has 2 amide bonds. The lowest BCUT2D eigenvalue weighted by Crippen LogP contribution is -2.53. The van der Waals surface area contributed by atoms with Crippen LogP contribution in [0.1, 0.15) is 23.6 Å². The molecule has 0 radical (unpaired) electrons. The van der Waals surface area contributed by atoms with Gasteiger partial charge in [-0.05, 0) is 73.0 Å². The summed E-state index contributed by atoms with van der Waals surface area (Å²) in [5.41, 5.74) is 2.57. The number of aryl methyl sites for hydroxylation is 1. The van der Waals surface area contributed by atoms with E-state index < -0.39 is 28.5 Å². The van der Waals surface area contributed by atoms with Crippen molar-refractivity contribution in [2.75, 3.05) is 17.4 Å². The van der Waals surface area contributed by atoms with E-state index in [1.165, 1.54) is 17.0 Å². The van der Waals surface area contributed by atoms with Crippen molar-refractivity contribution in [3.05, 3.63) is 129 Å². The van der Waals surface area contributed by atoms with Crippen LogP contribution < -0.4 is 9.62 Å². The molecule has 0 heterocycles. The zero-order valence-corrected chi connectivity index (χ0v) is 27.1. The highest BCUT2D eigenvalue weighted by molar-refractivity contribution is 9.10. The lowest BCUT2D eigenvalue weighted by molar-refractivity contribution is -0.140. The third-order valence-corrected chi connectivity index (χ3v) is 9.46. The highest BCUT2D eigenvalue weighted by Gasteiger charge is 2.35. The lowest BCUT2D eigenvalue weighted by Gasteiger charge is -2.34. The summed E-state index contributed by atoms with van der Waals surface area (Å²) in [6.45, 7) is 3.50. The Bertz CT molecular complexity index is 1650. The van der Waals surface area contributed by atoms with E-state index in [2.05, 4.69) is 21.2 Å². The largest absolute Gasteiger partial charge is 0.355 e. The van der Waals surface area contributed by atoms with Crippen LogP contribution in [0.25, 0.3) is 0 Å². The van der Waals surface area contributed by atoms with Gasteiger partial charge in [-0.1, -0.05) is 88.2 Å². The van der Waals surface area contributed by atoms with Crippen LogP contribution in [0.4, 0.5) is 5.69 Å². The first-order valence-electron chi connectivity index (χ1n) is 13.8. The van der Waals surface area contributed by atoms with Gasteiger partial charge >= 0.3 is 0 Å². The van der Waals surface area contributed by atoms with E-state index in [1.54, 1.807) is 43.3 Å². The summed E-state index contributed by atoms with van der Waals surface area (Å²) in [5.74, 6) is -0.846. The number of halogens is 2. The second-order valence-electron chi connectivity index (χ2n) is 10.0. The minimum Gasteiger partial charge on any atom is -0.355 e. The fraction of sp³-hybridized carbons (Fsp3) is 0.212. The molecule has 0 aliphatic carbocycles. The lowest BCUT2D eigenvalue weighted by atomic mass is 10.0. The number of anilines is 1. The molecule has 7 nitrogen and oxygen atoms in total. The van der Waals surface area contributed by atoms with E-state index in [9.17, 15) is 18.0 Å². The summed E-state index contributed by atoms with van der Waals surface area (Å²) in [7, 11) is -4.18. The molecule has 4 aromatic carbocycles. The Morgan fingerprint density at radius 1 is 0.884 bits per heavy atom. The molecule has 1 atom stereocenters. The molecular formula is C33H33BrClN3O4S. The van der Waals surface area contributed by atoms with Gasteiger partial charge in [-0.25, -0.2) is 8.42 Å². The Morgan fingerprint density at radius 3 is 2.12 bits per heavy atom. The van der Waals surface area contributed by atoms with E-state index in [0.717, 1.165) is 19.9 Å². The van der Waals surface area contributed by atoms with Crippen molar-refractivity contribution >= 4 is 55.1 Å². The summed E-state index contributed by atoms with van der Waals surface area (Å²) < 4.78 is 30.1. The molecule has 0 spiro atoms. The fourth-order valence-corrected chi connectivity index (χ4v) is 6.75. The summed E-state index contributed by atoms with van der Waals surface area (Å²) in [5, 5.41) is 3.31. The smallest absolute Gasteiger partial charge is 0.264 e. The number of carbonyl (C=O) groups excluding carboxylic acids is 2. The molecule has 0 aliphatic heterocycles. The van der Waals surface area contributed by atoms with Crippen LogP contribution >= 0.6 is 27.5 Å².